The Labute approximate surface area is 355 Å². The van der Waals surface area contributed by atoms with Crippen LogP contribution >= 0.6 is 12.8 Å². The second kappa shape index (κ2) is 22.2. The van der Waals surface area contributed by atoms with Crippen LogP contribution in [0, 0.1) is 19.3 Å². The highest BCUT2D eigenvalue weighted by Crippen LogP contribution is 2.36. The maximum absolute atomic E-state index is 13.1. The van der Waals surface area contributed by atoms with Crippen molar-refractivity contribution >= 4 is 71.6 Å². The molecule has 4 rings (SSSR count). The van der Waals surface area contributed by atoms with E-state index in [-0.39, 0.29) is 53.6 Å². The Morgan fingerprint density at radius 1 is 1.08 bits per heavy atom. The summed E-state index contributed by atoms with van der Waals surface area (Å²) in [6.07, 6.45) is 2.45. The van der Waals surface area contributed by atoms with Gasteiger partial charge in [0.15, 0.2) is 12.4 Å². The van der Waals surface area contributed by atoms with Crippen molar-refractivity contribution in [3.05, 3.63) is 58.4 Å². The van der Waals surface area contributed by atoms with Crippen LogP contribution in [-0.4, -0.2) is 140 Å². The molecule has 0 spiro atoms. The van der Waals surface area contributed by atoms with Crippen molar-refractivity contribution < 1.29 is 47.7 Å². The summed E-state index contributed by atoms with van der Waals surface area (Å²) in [4.78, 5) is 71.1. The number of morpholine rings is 1. The first-order valence-corrected chi connectivity index (χ1v) is 20.1. The molecule has 326 valence electrons. The van der Waals surface area contributed by atoms with Gasteiger partial charge in [0, 0.05) is 73.1 Å². The van der Waals surface area contributed by atoms with E-state index in [1.54, 1.807) is 30.9 Å². The SMILES string of the molecule is CCN(CC)CCNC(=O)c1c(C)[nH]c(/C=C2\C(=O)Nc3ccc(OC(=O)COC(=O)/C=C\C(=O)O[C@@H](CNC(C)(C)C)COC(=N)/C(=N\S)N4CCOCC4)cc32)c1C. The Balaban J connectivity index is 1.32. The molecular formula is C41H56N8O10S. The lowest BCUT2D eigenvalue weighted by Crippen LogP contribution is -2.46. The van der Waals surface area contributed by atoms with Crippen LogP contribution in [0.15, 0.2) is 34.7 Å². The number of amidine groups is 1. The lowest BCUT2D eigenvalue weighted by molar-refractivity contribution is -0.150. The number of nitrogens with one attached hydrogen (secondary N) is 5. The molecule has 0 radical (unpaired) electrons. The van der Waals surface area contributed by atoms with Crippen molar-refractivity contribution in [3.63, 3.8) is 0 Å². The molecule has 0 saturated carbocycles. The van der Waals surface area contributed by atoms with Gasteiger partial charge in [0.05, 0.1) is 24.4 Å². The van der Waals surface area contributed by atoms with Gasteiger partial charge in [-0.3, -0.25) is 15.0 Å². The number of H-pyrrole nitrogens is 1. The first kappa shape index (κ1) is 47.2. The molecule has 60 heavy (non-hydrogen) atoms. The number of fused-ring (bicyclic) bond motifs is 1. The van der Waals surface area contributed by atoms with Gasteiger partial charge in [-0.1, -0.05) is 13.8 Å². The number of hydrogen-bond acceptors (Lipinski definition) is 15. The fourth-order valence-electron chi connectivity index (χ4n) is 6.23. The number of benzene rings is 1. The molecule has 1 aromatic carbocycles. The van der Waals surface area contributed by atoms with Crippen LogP contribution in [0.2, 0.25) is 0 Å². The number of esters is 3. The van der Waals surface area contributed by atoms with Crippen molar-refractivity contribution in [1.82, 2.24) is 25.4 Å². The fourth-order valence-corrected chi connectivity index (χ4v) is 6.45. The number of carbonyl (C=O) groups is 5. The quantitative estimate of drug-likeness (QED) is 0.0337. The summed E-state index contributed by atoms with van der Waals surface area (Å²) in [6, 6.07) is 4.56. The van der Waals surface area contributed by atoms with E-state index in [0.717, 1.165) is 31.8 Å². The number of ether oxygens (including phenoxy) is 5. The van der Waals surface area contributed by atoms with Crippen molar-refractivity contribution in [2.75, 3.05) is 77.6 Å². The highest BCUT2D eigenvalue weighted by atomic mass is 32.1. The molecule has 2 aliphatic heterocycles. The van der Waals surface area contributed by atoms with Crippen molar-refractivity contribution in [2.24, 2.45) is 4.40 Å². The number of hydrogen-bond donors (Lipinski definition) is 6. The zero-order valence-electron chi connectivity index (χ0n) is 35.2. The lowest BCUT2D eigenvalue weighted by Gasteiger charge is -2.30. The maximum Gasteiger partial charge on any atom is 0.349 e. The molecule has 0 aliphatic carbocycles. The number of amides is 2. The zero-order chi connectivity index (χ0) is 44.0. The van der Waals surface area contributed by atoms with Gasteiger partial charge in [0.2, 0.25) is 0 Å². The van der Waals surface area contributed by atoms with E-state index in [2.05, 4.69) is 56.9 Å². The number of thiol groups is 1. The highest BCUT2D eigenvalue weighted by Gasteiger charge is 2.28. The molecule has 5 N–H and O–H groups in total. The summed E-state index contributed by atoms with van der Waals surface area (Å²) in [6.45, 7) is 17.7. The Kier molecular flexibility index (Phi) is 17.5. The van der Waals surface area contributed by atoms with Gasteiger partial charge < -0.3 is 54.4 Å². The standard InChI is InChI=1S/C41H56N8O10S/c1-8-48(9-2)15-14-43-40(54)36-25(3)32(45-26(36)4)21-30-29-20-27(10-11-31(29)46-39(30)53)58-35(52)24-56-33(50)12-13-34(51)59-28(22-44-41(5,6)7)23-57-37(42)38(47-60)49-16-18-55-19-17-49/h10-13,20-21,28,42,44-45,60H,8-9,14-19,22-24H2,1-7H3,(H,43,54)(H,46,53)/b13-12-,30-21-,42-37?,47-38+/t28-/m0/s1. The zero-order valence-corrected chi connectivity index (χ0v) is 36.1. The topological polar surface area (TPSA) is 226 Å². The number of aromatic amines is 1. The molecule has 1 saturated heterocycles. The van der Waals surface area contributed by atoms with Crippen molar-refractivity contribution in [2.45, 2.75) is 60.1 Å². The Morgan fingerprint density at radius 3 is 2.45 bits per heavy atom. The van der Waals surface area contributed by atoms with E-state index >= 15 is 0 Å². The average molecular weight is 853 g/mol. The number of aryl methyl sites for hydroxylation is 1. The van der Waals surface area contributed by atoms with E-state index < -0.39 is 30.6 Å². The number of likely N-dealkylation sites (N-methyl/N-ethyl adjacent to an activating group) is 1. The third-order valence-electron chi connectivity index (χ3n) is 9.46. The van der Waals surface area contributed by atoms with Gasteiger partial charge in [-0.25, -0.2) is 14.4 Å². The minimum atomic E-state index is -1.01. The van der Waals surface area contributed by atoms with Crippen LogP contribution in [-0.2, 0) is 38.1 Å². The first-order chi connectivity index (χ1) is 28.5. The summed E-state index contributed by atoms with van der Waals surface area (Å²) < 4.78 is 30.7. The molecule has 1 atom stereocenters. The Morgan fingerprint density at radius 2 is 1.78 bits per heavy atom. The predicted molar refractivity (Wildman–Crippen MR) is 229 cm³/mol. The van der Waals surface area contributed by atoms with E-state index in [1.807, 2.05) is 20.8 Å². The summed E-state index contributed by atoms with van der Waals surface area (Å²) >= 11 is 3.98. The molecule has 1 aromatic heterocycles. The van der Waals surface area contributed by atoms with Crippen LogP contribution in [0.1, 0.15) is 67.5 Å². The molecule has 19 heteroatoms. The lowest BCUT2D eigenvalue weighted by atomic mass is 10.0. The van der Waals surface area contributed by atoms with Crippen LogP contribution in [0.5, 0.6) is 5.75 Å². The smallest absolute Gasteiger partial charge is 0.349 e. The molecular weight excluding hydrogens is 797 g/mol. The van der Waals surface area contributed by atoms with Crippen LogP contribution in [0.3, 0.4) is 0 Å². The molecule has 0 bridgehead atoms. The third kappa shape index (κ3) is 13.8. The number of anilines is 1. The van der Waals surface area contributed by atoms with Gasteiger partial charge in [-0.15, -0.1) is 0 Å². The van der Waals surface area contributed by atoms with Gasteiger partial charge in [0.25, 0.3) is 17.7 Å². The summed E-state index contributed by atoms with van der Waals surface area (Å²) in [5.41, 5.74) is 3.32. The van der Waals surface area contributed by atoms with Crippen molar-refractivity contribution in [3.8, 4) is 5.75 Å². The molecule has 1 fully saturated rings. The monoisotopic (exact) mass is 852 g/mol. The van der Waals surface area contributed by atoms with Crippen LogP contribution < -0.4 is 20.7 Å². The fraction of sp³-hybridized carbons (Fsp3) is 0.488. The molecule has 0 unspecified atom stereocenters. The number of nitrogens with zero attached hydrogens (tertiary/aromatic N) is 3. The molecule has 2 aromatic rings. The number of rotatable bonds is 17. The summed E-state index contributed by atoms with van der Waals surface area (Å²) in [7, 11) is 0. The Hall–Kier alpha value is -5.50. The number of aromatic nitrogens is 1. The van der Waals surface area contributed by atoms with Crippen LogP contribution in [0.25, 0.3) is 11.6 Å². The van der Waals surface area contributed by atoms with Gasteiger partial charge in [-0.2, -0.15) is 4.40 Å². The molecule has 2 aliphatic rings. The van der Waals surface area contributed by atoms with Crippen molar-refractivity contribution in [1.29, 1.82) is 5.41 Å². The summed E-state index contributed by atoms with van der Waals surface area (Å²) in [5.74, 6) is -3.34. The third-order valence-corrected chi connectivity index (χ3v) is 9.65. The maximum atomic E-state index is 13.1. The van der Waals surface area contributed by atoms with Crippen LogP contribution in [0.4, 0.5) is 5.69 Å². The molecule has 18 nitrogen and oxygen atoms in total. The minimum absolute atomic E-state index is 0.0897. The first-order valence-electron chi connectivity index (χ1n) is 19.7. The van der Waals surface area contributed by atoms with E-state index in [4.69, 9.17) is 29.1 Å². The van der Waals surface area contributed by atoms with Gasteiger partial charge in [-0.05, 0) is 90.4 Å². The van der Waals surface area contributed by atoms with E-state index in [9.17, 15) is 24.0 Å². The van der Waals surface area contributed by atoms with Gasteiger partial charge in [0.1, 0.15) is 18.5 Å². The normalized spacial score (nSPS) is 15.5. The summed E-state index contributed by atoms with van der Waals surface area (Å²) in [5, 5.41) is 17.3. The molecule has 2 amide bonds. The number of carbonyl (C=O) groups excluding carboxylic acids is 5. The second-order valence-electron chi connectivity index (χ2n) is 14.9. The van der Waals surface area contributed by atoms with E-state index in [1.165, 1.54) is 12.1 Å². The average Bonchev–Trinajstić information content (AvgIpc) is 3.68. The Bertz CT molecular complexity index is 1990. The highest BCUT2D eigenvalue weighted by molar-refractivity contribution is 7.79. The predicted octanol–water partition coefficient (Wildman–Crippen LogP) is 3.07. The second-order valence-corrected chi connectivity index (χ2v) is 15.1. The minimum Gasteiger partial charge on any atom is -0.471 e. The van der Waals surface area contributed by atoms with Gasteiger partial charge >= 0.3 is 17.9 Å². The molecule has 3 heterocycles. The van der Waals surface area contributed by atoms with E-state index in [0.29, 0.717) is 66.6 Å². The largest absolute Gasteiger partial charge is 0.471 e.